The molecule has 0 saturated heterocycles. The summed E-state index contributed by atoms with van der Waals surface area (Å²) >= 11 is 0. The summed E-state index contributed by atoms with van der Waals surface area (Å²) in [6, 6.07) is 0. The molecule has 1 unspecified atom stereocenters. The summed E-state index contributed by atoms with van der Waals surface area (Å²) in [5.41, 5.74) is 1.53. The second-order valence-corrected chi connectivity index (χ2v) is 3.43. The highest BCUT2D eigenvalue weighted by atomic mass is 14.4. The molecule has 0 aromatic rings. The van der Waals surface area contributed by atoms with Crippen LogP contribution in [-0.2, 0) is 0 Å². The SMILES string of the molecule is C=CC1=CCCC1C1CC1. The molecule has 1 fully saturated rings. The Bertz CT molecular complexity index is 172. The average molecular weight is 134 g/mol. The van der Waals surface area contributed by atoms with Crippen molar-refractivity contribution >= 4 is 0 Å². The van der Waals surface area contributed by atoms with E-state index in [9.17, 15) is 0 Å². The standard InChI is InChI=1S/C10H14/c1-2-8-4-3-5-10(8)9-6-7-9/h2,4,9-10H,1,3,5-7H2. The second kappa shape index (κ2) is 2.26. The van der Waals surface area contributed by atoms with Gasteiger partial charge in [-0.15, -0.1) is 0 Å². The minimum atomic E-state index is 0.900. The van der Waals surface area contributed by atoms with Gasteiger partial charge in [-0.2, -0.15) is 0 Å². The lowest BCUT2D eigenvalue weighted by atomic mass is 9.96. The normalized spacial score (nSPS) is 32.0. The van der Waals surface area contributed by atoms with Gasteiger partial charge in [-0.3, -0.25) is 0 Å². The first-order chi connectivity index (χ1) is 4.92. The van der Waals surface area contributed by atoms with Crippen LogP contribution in [0.2, 0.25) is 0 Å². The van der Waals surface area contributed by atoms with E-state index >= 15 is 0 Å². The van der Waals surface area contributed by atoms with Gasteiger partial charge >= 0.3 is 0 Å². The van der Waals surface area contributed by atoms with Crippen molar-refractivity contribution in [2.75, 3.05) is 0 Å². The Labute approximate surface area is 62.6 Å². The molecule has 0 heteroatoms. The number of allylic oxidation sites excluding steroid dienone is 3. The molecule has 0 N–H and O–H groups in total. The Morgan fingerprint density at radius 1 is 1.40 bits per heavy atom. The zero-order valence-corrected chi connectivity index (χ0v) is 6.34. The van der Waals surface area contributed by atoms with Crippen molar-refractivity contribution in [2.45, 2.75) is 25.7 Å². The van der Waals surface area contributed by atoms with E-state index in [-0.39, 0.29) is 0 Å². The third kappa shape index (κ3) is 0.920. The monoisotopic (exact) mass is 134 g/mol. The molecule has 0 radical (unpaired) electrons. The third-order valence-corrected chi connectivity index (χ3v) is 2.71. The Morgan fingerprint density at radius 3 is 2.80 bits per heavy atom. The topological polar surface area (TPSA) is 0 Å². The molecule has 0 amide bonds. The number of hydrogen-bond donors (Lipinski definition) is 0. The summed E-state index contributed by atoms with van der Waals surface area (Å²) in [5, 5.41) is 0. The molecule has 0 aromatic heterocycles. The van der Waals surface area contributed by atoms with Gasteiger partial charge in [0.2, 0.25) is 0 Å². The maximum atomic E-state index is 3.83. The smallest absolute Gasteiger partial charge is 0.0134 e. The molecule has 0 aliphatic heterocycles. The molecule has 2 aliphatic carbocycles. The molecule has 54 valence electrons. The summed E-state index contributed by atoms with van der Waals surface area (Å²) in [7, 11) is 0. The molecular weight excluding hydrogens is 120 g/mol. The first kappa shape index (κ1) is 6.21. The number of rotatable bonds is 2. The van der Waals surface area contributed by atoms with Gasteiger partial charge < -0.3 is 0 Å². The Kier molecular flexibility index (Phi) is 1.40. The van der Waals surface area contributed by atoms with Crippen molar-refractivity contribution in [1.29, 1.82) is 0 Å². The van der Waals surface area contributed by atoms with Crippen LogP contribution in [0.1, 0.15) is 25.7 Å². The van der Waals surface area contributed by atoms with Crippen molar-refractivity contribution < 1.29 is 0 Å². The quantitative estimate of drug-likeness (QED) is 0.544. The fourth-order valence-electron chi connectivity index (χ4n) is 1.99. The minimum Gasteiger partial charge on any atom is -0.0988 e. The van der Waals surface area contributed by atoms with E-state index in [1.54, 1.807) is 0 Å². The van der Waals surface area contributed by atoms with Crippen molar-refractivity contribution in [3.8, 4) is 0 Å². The first-order valence-corrected chi connectivity index (χ1v) is 4.24. The lowest BCUT2D eigenvalue weighted by Crippen LogP contribution is -1.98. The van der Waals surface area contributed by atoms with Crippen molar-refractivity contribution in [3.63, 3.8) is 0 Å². The van der Waals surface area contributed by atoms with Gasteiger partial charge in [0.15, 0.2) is 0 Å². The van der Waals surface area contributed by atoms with Crippen LogP contribution in [0.15, 0.2) is 24.3 Å². The van der Waals surface area contributed by atoms with E-state index in [1.807, 2.05) is 0 Å². The van der Waals surface area contributed by atoms with E-state index < -0.39 is 0 Å². The summed E-state index contributed by atoms with van der Waals surface area (Å²) < 4.78 is 0. The molecule has 0 heterocycles. The Balaban J connectivity index is 2.07. The summed E-state index contributed by atoms with van der Waals surface area (Å²) in [5.74, 6) is 1.93. The summed E-state index contributed by atoms with van der Waals surface area (Å²) in [4.78, 5) is 0. The van der Waals surface area contributed by atoms with Crippen LogP contribution in [0.25, 0.3) is 0 Å². The fourth-order valence-corrected chi connectivity index (χ4v) is 1.99. The van der Waals surface area contributed by atoms with Crippen molar-refractivity contribution in [3.05, 3.63) is 24.3 Å². The summed E-state index contributed by atoms with van der Waals surface area (Å²) in [6.07, 6.45) is 10.0. The molecule has 0 nitrogen and oxygen atoms in total. The second-order valence-electron chi connectivity index (χ2n) is 3.43. The fraction of sp³-hybridized carbons (Fsp3) is 0.600. The van der Waals surface area contributed by atoms with Crippen LogP contribution in [0.5, 0.6) is 0 Å². The molecule has 0 aromatic carbocycles. The zero-order valence-electron chi connectivity index (χ0n) is 6.34. The van der Waals surface area contributed by atoms with Crippen LogP contribution < -0.4 is 0 Å². The van der Waals surface area contributed by atoms with Crippen LogP contribution in [0.3, 0.4) is 0 Å². The lowest BCUT2D eigenvalue weighted by Gasteiger charge is -2.08. The molecule has 0 bridgehead atoms. The average Bonchev–Trinajstić information content (AvgIpc) is 2.69. The van der Waals surface area contributed by atoms with Crippen LogP contribution in [-0.4, -0.2) is 0 Å². The first-order valence-electron chi connectivity index (χ1n) is 4.24. The maximum absolute atomic E-state index is 3.83. The van der Waals surface area contributed by atoms with Gasteiger partial charge in [-0.1, -0.05) is 18.7 Å². The molecule has 0 spiro atoms. The van der Waals surface area contributed by atoms with Crippen LogP contribution >= 0.6 is 0 Å². The number of hydrogen-bond acceptors (Lipinski definition) is 0. The molecule has 10 heavy (non-hydrogen) atoms. The van der Waals surface area contributed by atoms with E-state index in [2.05, 4.69) is 18.7 Å². The zero-order chi connectivity index (χ0) is 6.97. The molecule has 1 saturated carbocycles. The van der Waals surface area contributed by atoms with Gasteiger partial charge in [-0.05, 0) is 43.1 Å². The highest BCUT2D eigenvalue weighted by Crippen LogP contribution is 2.45. The van der Waals surface area contributed by atoms with Gasteiger partial charge in [0, 0.05) is 0 Å². The van der Waals surface area contributed by atoms with Gasteiger partial charge in [0.1, 0.15) is 0 Å². The largest absolute Gasteiger partial charge is 0.0988 e. The molecule has 2 aliphatic rings. The van der Waals surface area contributed by atoms with Crippen molar-refractivity contribution in [1.82, 2.24) is 0 Å². The van der Waals surface area contributed by atoms with Crippen LogP contribution in [0, 0.1) is 11.8 Å². The highest BCUT2D eigenvalue weighted by Gasteiger charge is 2.33. The van der Waals surface area contributed by atoms with E-state index in [0.29, 0.717) is 0 Å². The Hall–Kier alpha value is -0.520. The predicted octanol–water partition coefficient (Wildman–Crippen LogP) is 2.92. The van der Waals surface area contributed by atoms with Gasteiger partial charge in [0.25, 0.3) is 0 Å². The third-order valence-electron chi connectivity index (χ3n) is 2.71. The van der Waals surface area contributed by atoms with E-state index in [1.165, 1.54) is 31.3 Å². The predicted molar refractivity (Wildman–Crippen MR) is 43.7 cm³/mol. The molecular formula is C10H14. The van der Waals surface area contributed by atoms with E-state index in [0.717, 1.165) is 11.8 Å². The minimum absolute atomic E-state index is 0.900. The molecule has 2 rings (SSSR count). The maximum Gasteiger partial charge on any atom is -0.0134 e. The summed E-state index contributed by atoms with van der Waals surface area (Å²) in [6.45, 7) is 3.83. The van der Waals surface area contributed by atoms with Gasteiger partial charge in [-0.25, -0.2) is 0 Å². The van der Waals surface area contributed by atoms with Crippen LogP contribution in [0.4, 0.5) is 0 Å². The highest BCUT2D eigenvalue weighted by molar-refractivity contribution is 5.25. The Morgan fingerprint density at radius 2 is 2.20 bits per heavy atom. The van der Waals surface area contributed by atoms with E-state index in [4.69, 9.17) is 0 Å². The van der Waals surface area contributed by atoms with Gasteiger partial charge in [0.05, 0.1) is 0 Å². The van der Waals surface area contributed by atoms with Crippen molar-refractivity contribution in [2.24, 2.45) is 11.8 Å². The molecule has 1 atom stereocenters. The lowest BCUT2D eigenvalue weighted by molar-refractivity contribution is 0.541.